The molecule has 0 bridgehead atoms. The van der Waals surface area contributed by atoms with Crippen molar-refractivity contribution in [1.82, 2.24) is 4.90 Å². The number of morpholine rings is 1. The summed E-state index contributed by atoms with van der Waals surface area (Å²) in [6, 6.07) is 5.43. The van der Waals surface area contributed by atoms with E-state index in [1.54, 1.807) is 17.0 Å². The molecule has 0 aromatic heterocycles. The fourth-order valence-corrected chi connectivity index (χ4v) is 2.41. The summed E-state index contributed by atoms with van der Waals surface area (Å²) in [5, 5.41) is 3.23. The van der Waals surface area contributed by atoms with Crippen molar-refractivity contribution in [2.45, 2.75) is 19.8 Å². The highest BCUT2D eigenvalue weighted by Gasteiger charge is 2.17. The molecule has 0 spiro atoms. The van der Waals surface area contributed by atoms with Crippen molar-refractivity contribution in [1.29, 1.82) is 0 Å². The van der Waals surface area contributed by atoms with Gasteiger partial charge in [-0.05, 0) is 24.6 Å². The Bertz CT molecular complexity index is 528. The maximum atomic E-state index is 11.9. The summed E-state index contributed by atoms with van der Waals surface area (Å²) in [6.45, 7) is 4.26. The maximum Gasteiger partial charge on any atom is 0.224 e. The molecule has 1 fully saturated rings. The van der Waals surface area contributed by atoms with Crippen molar-refractivity contribution in [3.63, 3.8) is 0 Å². The molecule has 0 aliphatic carbocycles. The Morgan fingerprint density at radius 1 is 1.29 bits per heavy atom. The van der Waals surface area contributed by atoms with Crippen molar-refractivity contribution in [2.75, 3.05) is 31.6 Å². The molecule has 2 amide bonds. The lowest BCUT2D eigenvalue weighted by Gasteiger charge is -2.26. The molecule has 1 aromatic carbocycles. The van der Waals surface area contributed by atoms with Gasteiger partial charge in [-0.2, -0.15) is 0 Å². The molecule has 1 heterocycles. The van der Waals surface area contributed by atoms with Crippen molar-refractivity contribution < 1.29 is 14.3 Å². The summed E-state index contributed by atoms with van der Waals surface area (Å²) < 4.78 is 5.19. The minimum Gasteiger partial charge on any atom is -0.378 e. The average Bonchev–Trinajstić information content (AvgIpc) is 2.48. The largest absolute Gasteiger partial charge is 0.378 e. The van der Waals surface area contributed by atoms with Crippen LogP contribution in [0.15, 0.2) is 18.2 Å². The SMILES string of the molecule is Cc1ccc(NC(=O)CCC(=O)N2CCOCC2)c(Cl)c1. The molecular formula is C15H19ClN2O3. The van der Waals surface area contributed by atoms with Crippen molar-refractivity contribution >= 4 is 29.1 Å². The van der Waals surface area contributed by atoms with Gasteiger partial charge in [0.1, 0.15) is 0 Å². The summed E-state index contributed by atoms with van der Waals surface area (Å²) in [7, 11) is 0. The first kappa shape index (κ1) is 15.8. The number of nitrogens with zero attached hydrogens (tertiary/aromatic N) is 1. The topological polar surface area (TPSA) is 58.6 Å². The fourth-order valence-electron chi connectivity index (χ4n) is 2.13. The number of aryl methyl sites for hydroxylation is 1. The molecule has 114 valence electrons. The van der Waals surface area contributed by atoms with Gasteiger partial charge in [0.2, 0.25) is 11.8 Å². The van der Waals surface area contributed by atoms with E-state index in [1.165, 1.54) is 0 Å². The van der Waals surface area contributed by atoms with Gasteiger partial charge in [-0.25, -0.2) is 0 Å². The van der Waals surface area contributed by atoms with Gasteiger partial charge in [-0.15, -0.1) is 0 Å². The number of carbonyl (C=O) groups excluding carboxylic acids is 2. The summed E-state index contributed by atoms with van der Waals surface area (Å²) in [5.41, 5.74) is 1.60. The first-order chi connectivity index (χ1) is 10.1. The van der Waals surface area contributed by atoms with Crippen LogP contribution in [0.25, 0.3) is 0 Å². The van der Waals surface area contributed by atoms with E-state index in [2.05, 4.69) is 5.32 Å². The molecule has 1 saturated heterocycles. The molecule has 2 rings (SSSR count). The number of hydrogen-bond acceptors (Lipinski definition) is 3. The number of amides is 2. The smallest absolute Gasteiger partial charge is 0.224 e. The zero-order chi connectivity index (χ0) is 15.2. The normalized spacial score (nSPS) is 14.9. The Hall–Kier alpha value is -1.59. The standard InChI is InChI=1S/C15H19ClN2O3/c1-11-2-3-13(12(16)10-11)17-14(19)4-5-15(20)18-6-8-21-9-7-18/h2-3,10H,4-9H2,1H3,(H,17,19). The van der Waals surface area contributed by atoms with Gasteiger partial charge in [-0.3, -0.25) is 9.59 Å². The monoisotopic (exact) mass is 310 g/mol. The molecule has 6 heteroatoms. The van der Waals surface area contributed by atoms with E-state index in [0.717, 1.165) is 5.56 Å². The third-order valence-electron chi connectivity index (χ3n) is 3.33. The number of ether oxygens (including phenoxy) is 1. The van der Waals surface area contributed by atoms with E-state index in [-0.39, 0.29) is 24.7 Å². The predicted molar refractivity (Wildman–Crippen MR) is 81.5 cm³/mol. The number of rotatable bonds is 4. The molecule has 1 aliphatic heterocycles. The van der Waals surface area contributed by atoms with Crippen LogP contribution in [-0.4, -0.2) is 43.0 Å². The van der Waals surface area contributed by atoms with E-state index in [9.17, 15) is 9.59 Å². The van der Waals surface area contributed by atoms with Crippen LogP contribution in [0, 0.1) is 6.92 Å². The van der Waals surface area contributed by atoms with Crippen LogP contribution in [0.3, 0.4) is 0 Å². The highest BCUT2D eigenvalue weighted by molar-refractivity contribution is 6.33. The van der Waals surface area contributed by atoms with Gasteiger partial charge >= 0.3 is 0 Å². The van der Waals surface area contributed by atoms with Crippen LogP contribution >= 0.6 is 11.6 Å². The van der Waals surface area contributed by atoms with E-state index < -0.39 is 0 Å². The van der Waals surface area contributed by atoms with E-state index >= 15 is 0 Å². The summed E-state index contributed by atoms with van der Waals surface area (Å²) in [5.74, 6) is -0.217. The van der Waals surface area contributed by atoms with Crippen LogP contribution in [0.2, 0.25) is 5.02 Å². The molecule has 21 heavy (non-hydrogen) atoms. The Kier molecular flexibility index (Phi) is 5.59. The second kappa shape index (κ2) is 7.43. The molecule has 0 radical (unpaired) electrons. The van der Waals surface area contributed by atoms with Gasteiger partial charge in [-0.1, -0.05) is 17.7 Å². The lowest BCUT2D eigenvalue weighted by Crippen LogP contribution is -2.40. The zero-order valence-electron chi connectivity index (χ0n) is 12.0. The van der Waals surface area contributed by atoms with Crippen molar-refractivity contribution in [3.8, 4) is 0 Å². The lowest BCUT2D eigenvalue weighted by molar-refractivity contribution is -0.136. The highest BCUT2D eigenvalue weighted by Crippen LogP contribution is 2.22. The van der Waals surface area contributed by atoms with Gasteiger partial charge in [0.05, 0.1) is 23.9 Å². The minimum atomic E-state index is -0.206. The van der Waals surface area contributed by atoms with Gasteiger partial charge in [0.15, 0.2) is 0 Å². The van der Waals surface area contributed by atoms with Gasteiger partial charge in [0, 0.05) is 25.9 Å². The number of anilines is 1. The number of benzene rings is 1. The number of halogens is 1. The molecule has 0 atom stereocenters. The average molecular weight is 311 g/mol. The van der Waals surface area contributed by atoms with E-state index in [4.69, 9.17) is 16.3 Å². The summed E-state index contributed by atoms with van der Waals surface area (Å²) in [4.78, 5) is 25.5. The van der Waals surface area contributed by atoms with E-state index in [0.29, 0.717) is 37.0 Å². The number of nitrogens with one attached hydrogen (secondary N) is 1. The summed E-state index contributed by atoms with van der Waals surface area (Å²) in [6.07, 6.45) is 0.357. The third kappa shape index (κ3) is 4.72. The van der Waals surface area contributed by atoms with Crippen LogP contribution in [-0.2, 0) is 14.3 Å². The molecule has 1 aromatic rings. The van der Waals surface area contributed by atoms with Crippen LogP contribution in [0.1, 0.15) is 18.4 Å². The number of carbonyl (C=O) groups is 2. The molecule has 0 unspecified atom stereocenters. The fraction of sp³-hybridized carbons (Fsp3) is 0.467. The predicted octanol–water partition coefficient (Wildman–Crippen LogP) is 2.23. The van der Waals surface area contributed by atoms with Crippen LogP contribution < -0.4 is 5.32 Å². The van der Waals surface area contributed by atoms with Gasteiger partial charge in [0.25, 0.3) is 0 Å². The Labute approximate surface area is 129 Å². The quantitative estimate of drug-likeness (QED) is 0.927. The maximum absolute atomic E-state index is 11.9. The number of hydrogen-bond donors (Lipinski definition) is 1. The van der Waals surface area contributed by atoms with Crippen molar-refractivity contribution in [2.24, 2.45) is 0 Å². The van der Waals surface area contributed by atoms with Crippen molar-refractivity contribution in [3.05, 3.63) is 28.8 Å². The molecular weight excluding hydrogens is 292 g/mol. The molecule has 1 aliphatic rings. The minimum absolute atomic E-state index is 0.0107. The van der Waals surface area contributed by atoms with Gasteiger partial charge < -0.3 is 15.0 Å². The lowest BCUT2D eigenvalue weighted by atomic mass is 10.2. The molecule has 0 saturated carbocycles. The Balaban J connectivity index is 1.80. The third-order valence-corrected chi connectivity index (χ3v) is 3.64. The first-order valence-corrected chi connectivity index (χ1v) is 7.35. The molecule has 5 nitrogen and oxygen atoms in total. The van der Waals surface area contributed by atoms with Crippen LogP contribution in [0.4, 0.5) is 5.69 Å². The summed E-state index contributed by atoms with van der Waals surface area (Å²) >= 11 is 6.05. The van der Waals surface area contributed by atoms with E-state index in [1.807, 2.05) is 13.0 Å². The Morgan fingerprint density at radius 3 is 2.67 bits per heavy atom. The second-order valence-corrected chi connectivity index (χ2v) is 5.43. The first-order valence-electron chi connectivity index (χ1n) is 6.98. The highest BCUT2D eigenvalue weighted by atomic mass is 35.5. The molecule has 1 N–H and O–H groups in total. The second-order valence-electron chi connectivity index (χ2n) is 5.02. The Morgan fingerprint density at radius 2 is 2.00 bits per heavy atom. The zero-order valence-corrected chi connectivity index (χ0v) is 12.8. The van der Waals surface area contributed by atoms with Crippen LogP contribution in [0.5, 0.6) is 0 Å².